The molecule has 0 spiro atoms. The number of rotatable bonds is 1. The average molecular weight is 177 g/mol. The van der Waals surface area contributed by atoms with Crippen molar-refractivity contribution < 1.29 is 0 Å². The van der Waals surface area contributed by atoms with Crippen molar-refractivity contribution in [3.63, 3.8) is 0 Å². The molecule has 2 N–H and O–H groups in total. The van der Waals surface area contributed by atoms with Gasteiger partial charge in [-0.2, -0.15) is 4.37 Å². The van der Waals surface area contributed by atoms with Crippen molar-refractivity contribution in [3.05, 3.63) is 30.6 Å². The van der Waals surface area contributed by atoms with E-state index in [2.05, 4.69) is 9.36 Å². The summed E-state index contributed by atoms with van der Waals surface area (Å²) in [6.45, 7) is 0. The van der Waals surface area contributed by atoms with Crippen LogP contribution in [0.4, 0.5) is 5.00 Å². The maximum Gasteiger partial charge on any atom is 0.107 e. The summed E-state index contributed by atoms with van der Waals surface area (Å²) in [6, 6.07) is 5.69. The van der Waals surface area contributed by atoms with Crippen molar-refractivity contribution in [3.8, 4) is 11.3 Å². The Morgan fingerprint density at radius 1 is 1.42 bits per heavy atom. The summed E-state index contributed by atoms with van der Waals surface area (Å²) in [7, 11) is 0. The van der Waals surface area contributed by atoms with Crippen LogP contribution in [0.15, 0.2) is 30.6 Å². The highest BCUT2D eigenvalue weighted by molar-refractivity contribution is 7.10. The molecule has 0 radical (unpaired) electrons. The number of pyridine rings is 1. The fourth-order valence-corrected chi connectivity index (χ4v) is 1.47. The van der Waals surface area contributed by atoms with Gasteiger partial charge in [0.25, 0.3) is 0 Å². The zero-order chi connectivity index (χ0) is 8.39. The van der Waals surface area contributed by atoms with Gasteiger partial charge in [-0.3, -0.25) is 4.98 Å². The predicted molar refractivity (Wildman–Crippen MR) is 49.8 cm³/mol. The Labute approximate surface area is 74.0 Å². The van der Waals surface area contributed by atoms with Crippen LogP contribution < -0.4 is 5.73 Å². The number of nitrogens with two attached hydrogens (primary N) is 1. The van der Waals surface area contributed by atoms with Crippen molar-refractivity contribution >= 4 is 16.5 Å². The fraction of sp³-hybridized carbons (Fsp3) is 0. The zero-order valence-corrected chi connectivity index (χ0v) is 7.08. The summed E-state index contributed by atoms with van der Waals surface area (Å²) in [5.41, 5.74) is 7.45. The van der Waals surface area contributed by atoms with Crippen LogP contribution in [0.25, 0.3) is 11.3 Å². The highest BCUT2D eigenvalue weighted by atomic mass is 32.1. The van der Waals surface area contributed by atoms with Gasteiger partial charge in [0.1, 0.15) is 5.00 Å². The molecule has 0 aliphatic heterocycles. The van der Waals surface area contributed by atoms with Gasteiger partial charge in [-0.25, -0.2) is 0 Å². The molecule has 0 saturated carbocycles. The van der Waals surface area contributed by atoms with Gasteiger partial charge >= 0.3 is 0 Å². The van der Waals surface area contributed by atoms with E-state index in [1.165, 1.54) is 11.5 Å². The first-order valence-corrected chi connectivity index (χ1v) is 4.26. The van der Waals surface area contributed by atoms with Crippen LogP contribution in [0.3, 0.4) is 0 Å². The third kappa shape index (κ3) is 1.29. The molecular weight excluding hydrogens is 170 g/mol. The lowest BCUT2D eigenvalue weighted by molar-refractivity contribution is 1.32. The Balaban J connectivity index is 2.45. The van der Waals surface area contributed by atoms with Gasteiger partial charge in [0.15, 0.2) is 0 Å². The molecule has 4 heteroatoms. The maximum atomic E-state index is 5.55. The van der Waals surface area contributed by atoms with Crippen LogP contribution in [0, 0.1) is 0 Å². The number of aromatic nitrogens is 2. The van der Waals surface area contributed by atoms with Crippen LogP contribution in [-0.2, 0) is 0 Å². The number of hydrogen-bond donors (Lipinski definition) is 1. The van der Waals surface area contributed by atoms with E-state index in [0.29, 0.717) is 0 Å². The summed E-state index contributed by atoms with van der Waals surface area (Å²) in [6.07, 6.45) is 3.51. The van der Waals surface area contributed by atoms with Crippen molar-refractivity contribution in [1.29, 1.82) is 0 Å². The molecule has 60 valence electrons. The van der Waals surface area contributed by atoms with Crippen molar-refractivity contribution in [1.82, 2.24) is 9.36 Å². The highest BCUT2D eigenvalue weighted by Crippen LogP contribution is 2.21. The lowest BCUT2D eigenvalue weighted by Crippen LogP contribution is -1.77. The van der Waals surface area contributed by atoms with Crippen molar-refractivity contribution in [2.75, 3.05) is 5.73 Å². The van der Waals surface area contributed by atoms with Gasteiger partial charge in [-0.15, -0.1) is 0 Å². The predicted octanol–water partition coefficient (Wildman–Crippen LogP) is 1.79. The quantitative estimate of drug-likeness (QED) is 0.722. The molecule has 0 amide bonds. The van der Waals surface area contributed by atoms with E-state index in [0.717, 1.165) is 16.3 Å². The van der Waals surface area contributed by atoms with Gasteiger partial charge in [0.05, 0.1) is 5.69 Å². The second-order valence-corrected chi connectivity index (χ2v) is 3.19. The van der Waals surface area contributed by atoms with Crippen molar-refractivity contribution in [2.24, 2.45) is 0 Å². The average Bonchev–Trinajstić information content (AvgIpc) is 2.54. The summed E-state index contributed by atoms with van der Waals surface area (Å²) in [5.74, 6) is 0. The Morgan fingerprint density at radius 2 is 2.33 bits per heavy atom. The number of hydrogen-bond acceptors (Lipinski definition) is 4. The molecule has 0 aliphatic rings. The van der Waals surface area contributed by atoms with E-state index in [1.807, 2.05) is 18.2 Å². The second kappa shape index (κ2) is 2.91. The van der Waals surface area contributed by atoms with E-state index in [1.54, 1.807) is 12.4 Å². The molecule has 2 aromatic rings. The Hall–Kier alpha value is -1.42. The molecule has 0 saturated heterocycles. The van der Waals surface area contributed by atoms with Gasteiger partial charge < -0.3 is 5.73 Å². The van der Waals surface area contributed by atoms with Gasteiger partial charge in [-0.05, 0) is 23.7 Å². The highest BCUT2D eigenvalue weighted by Gasteiger charge is 2.00. The van der Waals surface area contributed by atoms with Crippen LogP contribution in [0.5, 0.6) is 0 Å². The van der Waals surface area contributed by atoms with E-state index < -0.39 is 0 Å². The molecule has 0 unspecified atom stereocenters. The summed E-state index contributed by atoms with van der Waals surface area (Å²) >= 11 is 1.30. The molecule has 0 aromatic carbocycles. The summed E-state index contributed by atoms with van der Waals surface area (Å²) in [4.78, 5) is 3.99. The smallest absolute Gasteiger partial charge is 0.107 e. The van der Waals surface area contributed by atoms with E-state index in [4.69, 9.17) is 5.73 Å². The first-order valence-electron chi connectivity index (χ1n) is 3.49. The zero-order valence-electron chi connectivity index (χ0n) is 6.27. The molecule has 2 rings (SSSR count). The summed E-state index contributed by atoms with van der Waals surface area (Å²) in [5, 5.41) is 0.730. The Kier molecular flexibility index (Phi) is 1.75. The Bertz CT molecular complexity index is 369. The monoisotopic (exact) mass is 177 g/mol. The van der Waals surface area contributed by atoms with Crippen molar-refractivity contribution in [2.45, 2.75) is 0 Å². The molecular formula is C8H7N3S. The van der Waals surface area contributed by atoms with Crippen LogP contribution >= 0.6 is 11.5 Å². The molecule has 0 atom stereocenters. The minimum absolute atomic E-state index is 0.730. The Morgan fingerprint density at radius 3 is 2.92 bits per heavy atom. The molecule has 0 fully saturated rings. The summed E-state index contributed by atoms with van der Waals surface area (Å²) < 4.78 is 4.16. The lowest BCUT2D eigenvalue weighted by atomic mass is 10.2. The topological polar surface area (TPSA) is 51.8 Å². The first-order chi connectivity index (χ1) is 5.86. The molecule has 3 nitrogen and oxygen atoms in total. The normalized spacial score (nSPS) is 10.0. The maximum absolute atomic E-state index is 5.55. The first kappa shape index (κ1) is 7.24. The van der Waals surface area contributed by atoms with Gasteiger partial charge in [0, 0.05) is 24.0 Å². The number of nitrogen functional groups attached to an aromatic ring is 1. The van der Waals surface area contributed by atoms with Gasteiger partial charge in [0.2, 0.25) is 0 Å². The minimum atomic E-state index is 0.730. The third-order valence-corrected chi connectivity index (χ3v) is 2.10. The second-order valence-electron chi connectivity index (χ2n) is 2.36. The largest absolute Gasteiger partial charge is 0.389 e. The van der Waals surface area contributed by atoms with E-state index in [9.17, 15) is 0 Å². The lowest BCUT2D eigenvalue weighted by Gasteiger charge is -1.91. The van der Waals surface area contributed by atoms with Gasteiger partial charge in [-0.1, -0.05) is 0 Å². The molecule has 2 heterocycles. The SMILES string of the molecule is Nc1cc(-c2cccnc2)ns1. The fourth-order valence-electron chi connectivity index (χ4n) is 0.940. The minimum Gasteiger partial charge on any atom is -0.389 e. The molecule has 12 heavy (non-hydrogen) atoms. The number of nitrogens with zero attached hydrogens (tertiary/aromatic N) is 2. The molecule has 2 aromatic heterocycles. The van der Waals surface area contributed by atoms with Crippen LogP contribution in [-0.4, -0.2) is 9.36 Å². The third-order valence-electron chi connectivity index (χ3n) is 1.49. The standard InChI is InChI=1S/C8H7N3S/c9-8-4-7(11-12-8)6-2-1-3-10-5-6/h1-5H,9H2. The molecule has 0 bridgehead atoms. The van der Waals surface area contributed by atoms with Crippen LogP contribution in [0.1, 0.15) is 0 Å². The van der Waals surface area contributed by atoms with Crippen LogP contribution in [0.2, 0.25) is 0 Å². The van der Waals surface area contributed by atoms with E-state index in [-0.39, 0.29) is 0 Å². The van der Waals surface area contributed by atoms with E-state index >= 15 is 0 Å². The number of anilines is 1. The molecule has 0 aliphatic carbocycles.